The van der Waals surface area contributed by atoms with Crippen LogP contribution in [-0.2, 0) is 28.7 Å². The van der Waals surface area contributed by atoms with Crippen LogP contribution < -0.4 is 5.73 Å². The molecule has 3 rings (SSSR count). The lowest BCUT2D eigenvalue weighted by molar-refractivity contribution is -0.300. The number of nitrogen functional groups attached to an aromatic ring is 1. The summed E-state index contributed by atoms with van der Waals surface area (Å²) in [6.07, 6.45) is 15.5. The number of carboxylic acid groups (broad SMARTS) is 1. The Hall–Kier alpha value is -5.13. The summed E-state index contributed by atoms with van der Waals surface area (Å²) in [7, 11) is 0. The minimum Gasteiger partial charge on any atom is -0.481 e. The molecule has 12 unspecified atom stereocenters. The maximum atomic E-state index is 13.2. The van der Waals surface area contributed by atoms with Gasteiger partial charge in [0.15, 0.2) is 11.6 Å². The van der Waals surface area contributed by atoms with Gasteiger partial charge >= 0.3 is 11.9 Å². The molecule has 0 spiro atoms. The van der Waals surface area contributed by atoms with Crippen molar-refractivity contribution in [3.63, 3.8) is 0 Å². The molecule has 0 aromatic heterocycles. The van der Waals surface area contributed by atoms with Crippen LogP contribution in [0.5, 0.6) is 0 Å². The van der Waals surface area contributed by atoms with Gasteiger partial charge in [-0.25, -0.2) is 0 Å². The Bertz CT molecular complexity index is 1980. The van der Waals surface area contributed by atoms with Crippen molar-refractivity contribution in [2.75, 3.05) is 5.73 Å². The maximum Gasteiger partial charge on any atom is 0.313 e. The van der Waals surface area contributed by atoms with Gasteiger partial charge in [0.2, 0.25) is 0 Å². The van der Waals surface area contributed by atoms with E-state index in [9.17, 15) is 59.7 Å². The molecule has 0 aliphatic carbocycles. The number of Topliss-reactive ketones (excluding diaryl/α,β-unsaturated/α-hetero) is 3. The van der Waals surface area contributed by atoms with Crippen molar-refractivity contribution in [3.05, 3.63) is 115 Å². The van der Waals surface area contributed by atoms with Gasteiger partial charge in [-0.2, -0.15) is 0 Å². The third-order valence-corrected chi connectivity index (χ3v) is 12.2. The van der Waals surface area contributed by atoms with Gasteiger partial charge in [0.1, 0.15) is 30.0 Å². The second-order valence-electron chi connectivity index (χ2n) is 18.3. The van der Waals surface area contributed by atoms with Crippen molar-refractivity contribution >= 4 is 35.0 Å². The van der Waals surface area contributed by atoms with E-state index in [4.69, 9.17) is 15.2 Å². The minimum absolute atomic E-state index is 0.0269. The Morgan fingerprint density at radius 1 is 0.765 bits per heavy atom. The number of cyclic esters (lactones) is 1. The van der Waals surface area contributed by atoms with Gasteiger partial charge in [-0.1, -0.05) is 106 Å². The van der Waals surface area contributed by atoms with Crippen LogP contribution in [0.25, 0.3) is 0 Å². The van der Waals surface area contributed by atoms with E-state index in [2.05, 4.69) is 0 Å². The van der Waals surface area contributed by atoms with Gasteiger partial charge in [0.25, 0.3) is 0 Å². The molecule has 374 valence electrons. The number of allylic oxidation sites excluding steroid dienone is 12. The van der Waals surface area contributed by atoms with Crippen molar-refractivity contribution in [2.45, 2.75) is 153 Å². The van der Waals surface area contributed by atoms with Crippen molar-refractivity contribution in [1.82, 2.24) is 0 Å². The molecule has 1 fully saturated rings. The Labute approximate surface area is 400 Å². The van der Waals surface area contributed by atoms with E-state index >= 15 is 0 Å². The van der Waals surface area contributed by atoms with Crippen LogP contribution in [0.15, 0.2) is 109 Å². The lowest BCUT2D eigenvalue weighted by Gasteiger charge is -2.44. The smallest absolute Gasteiger partial charge is 0.313 e. The fourth-order valence-corrected chi connectivity index (χ4v) is 8.52. The highest BCUT2D eigenvalue weighted by atomic mass is 16.6. The highest BCUT2D eigenvalue weighted by molar-refractivity contribution is 5.97. The highest BCUT2D eigenvalue weighted by Crippen LogP contribution is 2.37. The number of rotatable bonds is 8. The standard InChI is InChI=1S/C53H73NO14/c1-35-18-14-12-10-8-6-4-5-7-9-11-13-15-19-42(57)30-48-50(52(64)65)47(62)34-53(66,68-48)33-44(59)29-41(56)22-16-20-40(55)21-17-23-43(58)31-49(63)67-51(35)37(3)28-36(2)45(60)32-46(61)38-24-26-39(54)27-25-38/h4-15,18-19,24-27,35-37,41-42,44-45,47-48,50-51,56-57,59-60,62,66H,16-17,20-23,28-34,54H2,1-3H3,(H,64,65)/b5-4+,8-6-,9-7+,12-10+,13-11+,18-14+,19-15+. The van der Waals surface area contributed by atoms with Crippen LogP contribution in [0, 0.1) is 23.7 Å². The van der Waals surface area contributed by atoms with E-state index in [-0.39, 0.29) is 92.9 Å². The number of benzene rings is 1. The fourth-order valence-electron chi connectivity index (χ4n) is 8.52. The summed E-state index contributed by atoms with van der Waals surface area (Å²) in [5, 5.41) is 74.8. The van der Waals surface area contributed by atoms with Crippen LogP contribution >= 0.6 is 0 Å². The predicted molar refractivity (Wildman–Crippen MR) is 258 cm³/mol. The first kappa shape index (κ1) is 57.2. The molecule has 12 atom stereocenters. The topological polar surface area (TPSA) is 271 Å². The zero-order chi connectivity index (χ0) is 50.2. The molecule has 0 amide bonds. The first-order chi connectivity index (χ1) is 32.3. The number of aliphatic hydroxyl groups excluding tert-OH is 5. The second-order valence-corrected chi connectivity index (χ2v) is 18.3. The largest absolute Gasteiger partial charge is 0.481 e. The molecule has 1 saturated heterocycles. The highest BCUT2D eigenvalue weighted by Gasteiger charge is 2.50. The maximum absolute atomic E-state index is 13.2. The molecule has 68 heavy (non-hydrogen) atoms. The van der Waals surface area contributed by atoms with Gasteiger partial charge < -0.3 is 51.0 Å². The Morgan fingerprint density at radius 3 is 1.93 bits per heavy atom. The number of hydrogen-bond donors (Lipinski definition) is 8. The molecule has 2 aliphatic rings. The number of anilines is 1. The monoisotopic (exact) mass is 948 g/mol. The summed E-state index contributed by atoms with van der Waals surface area (Å²) in [5.41, 5.74) is 6.72. The van der Waals surface area contributed by atoms with E-state index in [1.165, 1.54) is 6.08 Å². The molecule has 0 saturated carbocycles. The lowest BCUT2D eigenvalue weighted by atomic mass is 9.83. The first-order valence-electron chi connectivity index (χ1n) is 23.6. The molecule has 1 aromatic carbocycles. The first-order valence-corrected chi connectivity index (χ1v) is 23.6. The number of carbonyl (C=O) groups is 5. The Kier molecular flexibility index (Phi) is 25.0. The van der Waals surface area contributed by atoms with Gasteiger partial charge in [0.05, 0.1) is 36.6 Å². The van der Waals surface area contributed by atoms with Crippen LogP contribution in [0.2, 0.25) is 0 Å². The van der Waals surface area contributed by atoms with E-state index in [0.29, 0.717) is 17.7 Å². The van der Waals surface area contributed by atoms with Gasteiger partial charge in [-0.05, 0) is 68.2 Å². The lowest BCUT2D eigenvalue weighted by Crippen LogP contribution is -2.56. The molecular formula is C53H73NO14. The molecule has 2 heterocycles. The average molecular weight is 948 g/mol. The van der Waals surface area contributed by atoms with Crippen molar-refractivity contribution in [3.8, 4) is 0 Å². The van der Waals surface area contributed by atoms with Crippen molar-refractivity contribution in [2.24, 2.45) is 23.7 Å². The molecule has 15 nitrogen and oxygen atoms in total. The van der Waals surface area contributed by atoms with Crippen LogP contribution in [0.4, 0.5) is 5.69 Å². The summed E-state index contributed by atoms with van der Waals surface area (Å²) in [6.45, 7) is 5.62. The van der Waals surface area contributed by atoms with E-state index in [0.717, 1.165) is 0 Å². The summed E-state index contributed by atoms with van der Waals surface area (Å²) < 4.78 is 11.7. The third-order valence-electron chi connectivity index (χ3n) is 12.2. The summed E-state index contributed by atoms with van der Waals surface area (Å²) >= 11 is 0. The zero-order valence-corrected chi connectivity index (χ0v) is 39.5. The van der Waals surface area contributed by atoms with Crippen molar-refractivity contribution in [1.29, 1.82) is 0 Å². The molecule has 9 N–H and O–H groups in total. The van der Waals surface area contributed by atoms with Gasteiger partial charge in [-0.15, -0.1) is 0 Å². The number of ether oxygens (including phenoxy) is 2. The summed E-state index contributed by atoms with van der Waals surface area (Å²) in [4.78, 5) is 63.7. The second kappa shape index (κ2) is 29.7. The Morgan fingerprint density at radius 2 is 1.32 bits per heavy atom. The molecular weight excluding hydrogens is 875 g/mol. The third kappa shape index (κ3) is 21.4. The molecule has 2 bridgehead atoms. The number of carbonyl (C=O) groups excluding carboxylic acids is 4. The molecule has 1 aromatic rings. The number of fused-ring (bicyclic) bond motifs is 2. The minimum atomic E-state index is -2.15. The number of aliphatic carboxylic acids is 1. The normalized spacial score (nSPS) is 33.0. The Balaban J connectivity index is 1.72. The number of nitrogens with two attached hydrogens (primary N) is 1. The van der Waals surface area contributed by atoms with Crippen LogP contribution in [0.3, 0.4) is 0 Å². The van der Waals surface area contributed by atoms with E-state index in [1.807, 2.05) is 63.3 Å². The molecule has 15 heteroatoms. The molecule has 0 radical (unpaired) electrons. The SMILES string of the molecule is CC1/C=C/C=C/C=C\C=C\C=C\C=C\C=C\C(O)CC2OC(O)(CC(O)CC(O)CCCC(=O)CCCC(=O)CC(=O)OC1C(C)CC(C)C(O)CC(=O)c1ccc(N)cc1)CC(O)C2C(=O)O. The summed E-state index contributed by atoms with van der Waals surface area (Å²) in [5.74, 6) is -7.37. The van der Waals surface area contributed by atoms with Gasteiger partial charge in [0, 0.05) is 62.1 Å². The van der Waals surface area contributed by atoms with E-state index < -0.39 is 85.6 Å². The van der Waals surface area contributed by atoms with Gasteiger partial charge in [-0.3, -0.25) is 24.0 Å². The number of aliphatic hydroxyl groups is 6. The summed E-state index contributed by atoms with van der Waals surface area (Å²) in [6, 6.07) is 6.49. The van der Waals surface area contributed by atoms with E-state index in [1.54, 1.807) is 60.7 Å². The number of ketones is 3. The number of carboxylic acids is 1. The van der Waals surface area contributed by atoms with Crippen LogP contribution in [0.1, 0.15) is 115 Å². The quantitative estimate of drug-likeness (QED) is 0.0645. The predicted octanol–water partition coefficient (Wildman–Crippen LogP) is 5.98. The number of hydrogen-bond acceptors (Lipinski definition) is 14. The fraction of sp³-hybridized carbons (Fsp3) is 0.528. The zero-order valence-electron chi connectivity index (χ0n) is 39.5. The van der Waals surface area contributed by atoms with Crippen molar-refractivity contribution < 1.29 is 69.2 Å². The average Bonchev–Trinajstić information content (AvgIpc) is 3.24. The molecule has 2 aliphatic heterocycles. The number of esters is 1. The van der Waals surface area contributed by atoms with Crippen LogP contribution in [-0.4, -0.2) is 114 Å².